The number of esters is 1. The van der Waals surface area contributed by atoms with Gasteiger partial charge in [0.2, 0.25) is 5.75 Å². The first-order valence-electron chi connectivity index (χ1n) is 8.22. The summed E-state index contributed by atoms with van der Waals surface area (Å²) in [5.41, 5.74) is 2.23. The Kier molecular flexibility index (Phi) is 5.41. The third-order valence-corrected chi connectivity index (χ3v) is 4.43. The number of nitro benzene ring substituents is 1. The first-order chi connectivity index (χ1) is 13.3. The standard InChI is InChI=1S/C19H15ClFN3O4/c1-11-16(12(2)23(22-11)15-6-3-13(20)4-7-15)10-19(25)28-18-9-14(21)5-8-17(18)24(26)27/h3-9H,10H2,1-2H3. The molecule has 1 aromatic heterocycles. The van der Waals surface area contributed by atoms with E-state index < -0.39 is 28.1 Å². The van der Waals surface area contributed by atoms with E-state index in [1.54, 1.807) is 42.8 Å². The summed E-state index contributed by atoms with van der Waals surface area (Å²) < 4.78 is 20.1. The number of carbonyl (C=O) groups is 1. The number of aryl methyl sites for hydroxylation is 1. The highest BCUT2D eigenvalue weighted by Crippen LogP contribution is 2.28. The third kappa shape index (κ3) is 4.01. The molecule has 0 saturated heterocycles. The summed E-state index contributed by atoms with van der Waals surface area (Å²) in [4.78, 5) is 22.6. The van der Waals surface area contributed by atoms with Gasteiger partial charge >= 0.3 is 11.7 Å². The number of benzene rings is 2. The largest absolute Gasteiger partial charge is 0.419 e. The Hall–Kier alpha value is -3.26. The minimum atomic E-state index is -0.754. The Bertz CT molecular complexity index is 1060. The van der Waals surface area contributed by atoms with Crippen molar-refractivity contribution in [1.82, 2.24) is 9.78 Å². The Labute approximate surface area is 164 Å². The molecule has 7 nitrogen and oxygen atoms in total. The van der Waals surface area contributed by atoms with Gasteiger partial charge in [-0.3, -0.25) is 14.9 Å². The number of rotatable bonds is 5. The molecule has 28 heavy (non-hydrogen) atoms. The van der Waals surface area contributed by atoms with Gasteiger partial charge in [-0.25, -0.2) is 9.07 Å². The molecule has 3 rings (SSSR count). The summed E-state index contributed by atoms with van der Waals surface area (Å²) in [6.45, 7) is 3.54. The van der Waals surface area contributed by atoms with Crippen molar-refractivity contribution in [2.75, 3.05) is 0 Å². The number of ether oxygens (including phenoxy) is 1. The van der Waals surface area contributed by atoms with Gasteiger partial charge in [-0.05, 0) is 44.2 Å². The zero-order chi connectivity index (χ0) is 20.4. The molecular weight excluding hydrogens is 389 g/mol. The second-order valence-corrected chi connectivity index (χ2v) is 6.49. The van der Waals surface area contributed by atoms with Crippen LogP contribution in [0.2, 0.25) is 5.02 Å². The molecule has 2 aromatic carbocycles. The molecule has 0 bridgehead atoms. The molecule has 1 heterocycles. The van der Waals surface area contributed by atoms with Crippen molar-refractivity contribution in [3.05, 3.63) is 80.4 Å². The van der Waals surface area contributed by atoms with E-state index in [-0.39, 0.29) is 6.42 Å². The Morgan fingerprint density at radius 1 is 1.25 bits per heavy atom. The van der Waals surface area contributed by atoms with Crippen LogP contribution in [0.5, 0.6) is 5.75 Å². The fourth-order valence-electron chi connectivity index (χ4n) is 2.79. The average Bonchev–Trinajstić information content (AvgIpc) is 2.90. The van der Waals surface area contributed by atoms with E-state index >= 15 is 0 Å². The number of nitro groups is 1. The molecule has 0 aliphatic carbocycles. The molecule has 0 aliphatic heterocycles. The van der Waals surface area contributed by atoms with Crippen LogP contribution in [0.4, 0.5) is 10.1 Å². The zero-order valence-corrected chi connectivity index (χ0v) is 15.7. The van der Waals surface area contributed by atoms with Crippen molar-refractivity contribution < 1.29 is 18.8 Å². The predicted octanol–water partition coefficient (Wildman–Crippen LogP) is 4.34. The maximum Gasteiger partial charge on any atom is 0.316 e. The molecule has 0 atom stereocenters. The minimum Gasteiger partial charge on any atom is -0.419 e. The normalized spacial score (nSPS) is 10.7. The number of halogens is 2. The maximum atomic E-state index is 13.4. The number of nitrogens with zero attached hydrogens (tertiary/aromatic N) is 3. The van der Waals surface area contributed by atoms with E-state index in [0.717, 1.165) is 23.9 Å². The molecule has 9 heteroatoms. The van der Waals surface area contributed by atoms with Gasteiger partial charge in [-0.1, -0.05) is 11.6 Å². The molecule has 144 valence electrons. The average molecular weight is 404 g/mol. The van der Waals surface area contributed by atoms with Crippen LogP contribution in [0.3, 0.4) is 0 Å². The smallest absolute Gasteiger partial charge is 0.316 e. The predicted molar refractivity (Wildman–Crippen MR) is 100 cm³/mol. The monoisotopic (exact) mass is 403 g/mol. The number of carbonyl (C=O) groups excluding carboxylic acids is 1. The number of hydrogen-bond acceptors (Lipinski definition) is 5. The molecular formula is C19H15ClFN3O4. The molecule has 0 amide bonds. The van der Waals surface area contributed by atoms with Gasteiger partial charge < -0.3 is 4.74 Å². The van der Waals surface area contributed by atoms with Crippen LogP contribution >= 0.6 is 11.6 Å². The first-order valence-corrected chi connectivity index (χ1v) is 8.59. The lowest BCUT2D eigenvalue weighted by atomic mass is 10.1. The number of aromatic nitrogens is 2. The summed E-state index contributed by atoms with van der Waals surface area (Å²) in [6, 6.07) is 9.73. The third-order valence-electron chi connectivity index (χ3n) is 4.18. The molecule has 0 aliphatic rings. The zero-order valence-electron chi connectivity index (χ0n) is 15.0. The minimum absolute atomic E-state index is 0.168. The van der Waals surface area contributed by atoms with Gasteiger partial charge in [0.15, 0.2) is 0 Å². The maximum absolute atomic E-state index is 13.4. The van der Waals surface area contributed by atoms with Crippen LogP contribution in [0.15, 0.2) is 42.5 Å². The van der Waals surface area contributed by atoms with E-state index in [1.807, 2.05) is 0 Å². The summed E-state index contributed by atoms with van der Waals surface area (Å²) in [6.07, 6.45) is -0.168. The molecule has 0 spiro atoms. The van der Waals surface area contributed by atoms with Gasteiger partial charge in [0, 0.05) is 28.4 Å². The summed E-state index contributed by atoms with van der Waals surface area (Å²) >= 11 is 5.90. The summed E-state index contributed by atoms with van der Waals surface area (Å²) in [5, 5.41) is 16.1. The van der Waals surface area contributed by atoms with Crippen molar-refractivity contribution in [3.63, 3.8) is 0 Å². The molecule has 0 unspecified atom stereocenters. The van der Waals surface area contributed by atoms with Gasteiger partial charge in [-0.2, -0.15) is 5.10 Å². The highest BCUT2D eigenvalue weighted by atomic mass is 35.5. The Balaban J connectivity index is 1.85. The summed E-state index contributed by atoms with van der Waals surface area (Å²) in [7, 11) is 0. The topological polar surface area (TPSA) is 87.3 Å². The second kappa shape index (κ2) is 7.77. The van der Waals surface area contributed by atoms with Crippen molar-refractivity contribution in [3.8, 4) is 11.4 Å². The highest BCUT2D eigenvalue weighted by molar-refractivity contribution is 6.30. The molecule has 0 fully saturated rings. The van der Waals surface area contributed by atoms with Crippen molar-refractivity contribution in [1.29, 1.82) is 0 Å². The first kappa shape index (κ1) is 19.5. The SMILES string of the molecule is Cc1nn(-c2ccc(Cl)cc2)c(C)c1CC(=O)Oc1cc(F)ccc1[N+](=O)[O-]. The van der Waals surface area contributed by atoms with Crippen LogP contribution in [0.25, 0.3) is 5.69 Å². The molecule has 0 saturated carbocycles. The van der Waals surface area contributed by atoms with Crippen LogP contribution in [-0.4, -0.2) is 20.7 Å². The fourth-order valence-corrected chi connectivity index (χ4v) is 2.91. The lowest BCUT2D eigenvalue weighted by molar-refractivity contribution is -0.385. The lowest BCUT2D eigenvalue weighted by Gasteiger charge is -2.07. The van der Waals surface area contributed by atoms with E-state index in [2.05, 4.69) is 5.10 Å². The van der Waals surface area contributed by atoms with Crippen LogP contribution < -0.4 is 4.74 Å². The van der Waals surface area contributed by atoms with Crippen molar-refractivity contribution in [2.24, 2.45) is 0 Å². The summed E-state index contributed by atoms with van der Waals surface area (Å²) in [5.74, 6) is -1.93. The van der Waals surface area contributed by atoms with Gasteiger partial charge in [0.1, 0.15) is 5.82 Å². The van der Waals surface area contributed by atoms with Crippen molar-refractivity contribution in [2.45, 2.75) is 20.3 Å². The van der Waals surface area contributed by atoms with E-state index in [4.69, 9.17) is 16.3 Å². The quantitative estimate of drug-likeness (QED) is 0.274. The van der Waals surface area contributed by atoms with Gasteiger partial charge in [0.25, 0.3) is 0 Å². The van der Waals surface area contributed by atoms with E-state index in [0.29, 0.717) is 22.0 Å². The molecule has 0 radical (unpaired) electrons. The molecule has 0 N–H and O–H groups in total. The second-order valence-electron chi connectivity index (χ2n) is 6.06. The van der Waals surface area contributed by atoms with Crippen LogP contribution in [0.1, 0.15) is 17.0 Å². The lowest BCUT2D eigenvalue weighted by Crippen LogP contribution is -2.13. The Morgan fingerprint density at radius 3 is 2.57 bits per heavy atom. The van der Waals surface area contributed by atoms with E-state index in [9.17, 15) is 19.3 Å². The van der Waals surface area contributed by atoms with Crippen LogP contribution in [0, 0.1) is 29.8 Å². The Morgan fingerprint density at radius 2 is 1.93 bits per heavy atom. The highest BCUT2D eigenvalue weighted by Gasteiger charge is 2.22. The van der Waals surface area contributed by atoms with Gasteiger partial charge in [0.05, 0.1) is 22.7 Å². The number of hydrogen-bond donors (Lipinski definition) is 0. The van der Waals surface area contributed by atoms with Gasteiger partial charge in [-0.15, -0.1) is 0 Å². The molecule has 3 aromatic rings. The fraction of sp³-hybridized carbons (Fsp3) is 0.158. The van der Waals surface area contributed by atoms with Crippen molar-refractivity contribution >= 4 is 23.3 Å². The van der Waals surface area contributed by atoms with E-state index in [1.165, 1.54) is 0 Å². The van der Waals surface area contributed by atoms with Crippen LogP contribution in [-0.2, 0) is 11.2 Å².